The fraction of sp³-hybridized carbons (Fsp3) is 0.316. The van der Waals surface area contributed by atoms with Crippen molar-refractivity contribution in [2.24, 2.45) is 5.92 Å². The highest BCUT2D eigenvalue weighted by Crippen LogP contribution is 2.35. The molecular formula is C19H21BrN2O3S. The van der Waals surface area contributed by atoms with E-state index in [1.165, 1.54) is 12.1 Å². The van der Waals surface area contributed by atoms with E-state index in [0.717, 1.165) is 17.3 Å². The molecule has 2 aromatic carbocycles. The number of anilines is 1. The molecular weight excluding hydrogens is 416 g/mol. The Bertz CT molecular complexity index is 909. The van der Waals surface area contributed by atoms with E-state index in [9.17, 15) is 13.2 Å². The van der Waals surface area contributed by atoms with Gasteiger partial charge in [-0.15, -0.1) is 0 Å². The van der Waals surface area contributed by atoms with Crippen LogP contribution in [0.1, 0.15) is 30.1 Å². The highest BCUT2D eigenvalue weighted by atomic mass is 79.9. The van der Waals surface area contributed by atoms with Crippen LogP contribution in [-0.4, -0.2) is 32.3 Å². The summed E-state index contributed by atoms with van der Waals surface area (Å²) in [6.45, 7) is 2.03. The monoisotopic (exact) mass is 436 g/mol. The minimum absolute atomic E-state index is 0.0683. The molecule has 0 spiro atoms. The first-order chi connectivity index (χ1) is 12.3. The molecule has 7 heteroatoms. The van der Waals surface area contributed by atoms with Gasteiger partial charge in [0.05, 0.1) is 4.90 Å². The molecule has 1 unspecified atom stereocenters. The average molecular weight is 437 g/mol. The number of nitrogens with one attached hydrogen (secondary N) is 1. The molecule has 1 N–H and O–H groups in total. The molecule has 1 saturated carbocycles. The van der Waals surface area contributed by atoms with E-state index in [2.05, 4.69) is 20.7 Å². The summed E-state index contributed by atoms with van der Waals surface area (Å²) in [5.41, 5.74) is 0.836. The van der Waals surface area contributed by atoms with Gasteiger partial charge in [0.25, 0.3) is 15.9 Å². The molecule has 0 heterocycles. The minimum atomic E-state index is -3.77. The molecule has 0 saturated heterocycles. The molecule has 0 radical (unpaired) electrons. The summed E-state index contributed by atoms with van der Waals surface area (Å²) in [7, 11) is -2.00. The van der Waals surface area contributed by atoms with E-state index >= 15 is 0 Å². The zero-order chi connectivity index (χ0) is 18.9. The summed E-state index contributed by atoms with van der Waals surface area (Å²) < 4.78 is 28.7. The summed E-state index contributed by atoms with van der Waals surface area (Å²) >= 11 is 3.32. The Kier molecular flexibility index (Phi) is 5.39. The van der Waals surface area contributed by atoms with Crippen LogP contribution < -0.4 is 4.72 Å². The van der Waals surface area contributed by atoms with Gasteiger partial charge < -0.3 is 4.90 Å². The summed E-state index contributed by atoms with van der Waals surface area (Å²) in [4.78, 5) is 14.5. The third kappa shape index (κ3) is 4.27. The topological polar surface area (TPSA) is 66.5 Å². The molecule has 0 aliphatic heterocycles. The van der Waals surface area contributed by atoms with Crippen molar-refractivity contribution in [2.45, 2.75) is 30.7 Å². The number of halogens is 1. The lowest BCUT2D eigenvalue weighted by molar-refractivity contribution is 0.0727. The number of carbonyl (C=O) groups is 1. The second-order valence-corrected chi connectivity index (χ2v) is 9.23. The lowest BCUT2D eigenvalue weighted by atomic mass is 10.1. The second kappa shape index (κ2) is 7.40. The van der Waals surface area contributed by atoms with Gasteiger partial charge in [-0.3, -0.25) is 9.52 Å². The van der Waals surface area contributed by atoms with Gasteiger partial charge in [-0.05, 0) is 68.1 Å². The molecule has 138 valence electrons. The standard InChI is InChI=1S/C19H21BrN2O3S/c1-13(14-6-7-14)22(2)19(23)15-4-3-5-18(12-15)26(24,25)21-17-10-8-16(20)9-11-17/h3-5,8-14,21H,6-7H2,1-2H3. The largest absolute Gasteiger partial charge is 0.339 e. The summed E-state index contributed by atoms with van der Waals surface area (Å²) in [6, 6.07) is 13.2. The molecule has 1 amide bonds. The Balaban J connectivity index is 1.81. The van der Waals surface area contributed by atoms with Gasteiger partial charge in [0.15, 0.2) is 0 Å². The van der Waals surface area contributed by atoms with Crippen LogP contribution in [-0.2, 0) is 10.0 Å². The maximum absolute atomic E-state index is 12.7. The molecule has 1 aliphatic carbocycles. The fourth-order valence-corrected chi connectivity index (χ4v) is 4.18. The van der Waals surface area contributed by atoms with Crippen LogP contribution in [0, 0.1) is 5.92 Å². The molecule has 0 aromatic heterocycles. The molecule has 3 rings (SSSR count). The predicted molar refractivity (Wildman–Crippen MR) is 106 cm³/mol. The van der Waals surface area contributed by atoms with Crippen molar-refractivity contribution >= 4 is 37.5 Å². The van der Waals surface area contributed by atoms with E-state index < -0.39 is 10.0 Å². The summed E-state index contributed by atoms with van der Waals surface area (Å²) in [6.07, 6.45) is 2.29. The van der Waals surface area contributed by atoms with Crippen molar-refractivity contribution in [2.75, 3.05) is 11.8 Å². The lowest BCUT2D eigenvalue weighted by Gasteiger charge is -2.25. The predicted octanol–water partition coefficient (Wildman–Crippen LogP) is 4.12. The lowest BCUT2D eigenvalue weighted by Crippen LogP contribution is -2.36. The highest BCUT2D eigenvalue weighted by molar-refractivity contribution is 9.10. The zero-order valence-corrected chi connectivity index (χ0v) is 17.0. The van der Waals surface area contributed by atoms with E-state index in [0.29, 0.717) is 17.2 Å². The highest BCUT2D eigenvalue weighted by Gasteiger charge is 2.32. The first-order valence-corrected chi connectivity index (χ1v) is 10.7. The van der Waals surface area contributed by atoms with Crippen LogP contribution in [0.25, 0.3) is 0 Å². The van der Waals surface area contributed by atoms with Crippen molar-refractivity contribution in [1.29, 1.82) is 0 Å². The Morgan fingerprint density at radius 3 is 2.46 bits per heavy atom. The molecule has 2 aromatic rings. The van der Waals surface area contributed by atoms with Gasteiger partial charge in [0.1, 0.15) is 0 Å². The van der Waals surface area contributed by atoms with Gasteiger partial charge >= 0.3 is 0 Å². The van der Waals surface area contributed by atoms with E-state index in [4.69, 9.17) is 0 Å². The van der Waals surface area contributed by atoms with Crippen LogP contribution in [0.15, 0.2) is 57.9 Å². The first-order valence-electron chi connectivity index (χ1n) is 8.43. The number of hydrogen-bond acceptors (Lipinski definition) is 3. The van der Waals surface area contributed by atoms with Crippen molar-refractivity contribution in [3.05, 3.63) is 58.6 Å². The van der Waals surface area contributed by atoms with Crippen molar-refractivity contribution < 1.29 is 13.2 Å². The SMILES string of the molecule is CC(C1CC1)N(C)C(=O)c1cccc(S(=O)(=O)Nc2ccc(Br)cc2)c1. The van der Waals surface area contributed by atoms with Crippen molar-refractivity contribution in [3.63, 3.8) is 0 Å². The molecule has 1 fully saturated rings. The molecule has 1 aliphatic rings. The van der Waals surface area contributed by atoms with E-state index in [-0.39, 0.29) is 16.8 Å². The Labute approximate surface area is 162 Å². The van der Waals surface area contributed by atoms with E-state index in [1.54, 1.807) is 48.3 Å². The smallest absolute Gasteiger partial charge is 0.261 e. The molecule has 0 bridgehead atoms. The number of nitrogens with zero attached hydrogens (tertiary/aromatic N) is 1. The Hall–Kier alpha value is -1.86. The number of benzene rings is 2. The third-order valence-corrected chi connectivity index (χ3v) is 6.63. The first kappa shape index (κ1) is 18.9. The number of rotatable bonds is 6. The second-order valence-electron chi connectivity index (χ2n) is 6.63. The van der Waals surface area contributed by atoms with Gasteiger partial charge in [-0.25, -0.2) is 8.42 Å². The van der Waals surface area contributed by atoms with Crippen LogP contribution >= 0.6 is 15.9 Å². The van der Waals surface area contributed by atoms with Crippen LogP contribution in [0.5, 0.6) is 0 Å². The number of amides is 1. The van der Waals surface area contributed by atoms with Crippen molar-refractivity contribution in [1.82, 2.24) is 4.90 Å². The number of hydrogen-bond donors (Lipinski definition) is 1. The molecule has 5 nitrogen and oxygen atoms in total. The number of carbonyl (C=O) groups excluding carboxylic acids is 1. The normalized spacial score (nSPS) is 15.3. The molecule has 1 atom stereocenters. The minimum Gasteiger partial charge on any atom is -0.339 e. The quantitative estimate of drug-likeness (QED) is 0.740. The van der Waals surface area contributed by atoms with Gasteiger partial charge in [0, 0.05) is 28.8 Å². The van der Waals surface area contributed by atoms with Crippen LogP contribution in [0.2, 0.25) is 0 Å². The number of sulfonamides is 1. The average Bonchev–Trinajstić information content (AvgIpc) is 3.47. The maximum atomic E-state index is 12.7. The van der Waals surface area contributed by atoms with Gasteiger partial charge in [-0.1, -0.05) is 22.0 Å². The van der Waals surface area contributed by atoms with Crippen LogP contribution in [0.3, 0.4) is 0 Å². The van der Waals surface area contributed by atoms with Gasteiger partial charge in [-0.2, -0.15) is 0 Å². The Morgan fingerprint density at radius 2 is 1.85 bits per heavy atom. The summed E-state index contributed by atoms with van der Waals surface area (Å²) in [5, 5.41) is 0. The van der Waals surface area contributed by atoms with Crippen molar-refractivity contribution in [3.8, 4) is 0 Å². The fourth-order valence-electron chi connectivity index (χ4n) is 2.81. The van der Waals surface area contributed by atoms with E-state index in [1.807, 2.05) is 6.92 Å². The van der Waals surface area contributed by atoms with Gasteiger partial charge in [0.2, 0.25) is 0 Å². The molecule has 26 heavy (non-hydrogen) atoms. The zero-order valence-electron chi connectivity index (χ0n) is 14.6. The van der Waals surface area contributed by atoms with Crippen LogP contribution in [0.4, 0.5) is 5.69 Å². The third-order valence-electron chi connectivity index (χ3n) is 4.72. The maximum Gasteiger partial charge on any atom is 0.261 e. The Morgan fingerprint density at radius 1 is 1.19 bits per heavy atom. The summed E-state index contributed by atoms with van der Waals surface area (Å²) in [5.74, 6) is 0.389.